The molecule has 0 radical (unpaired) electrons. The van der Waals surface area contributed by atoms with Gasteiger partial charge in [0.2, 0.25) is 0 Å². The number of carbonyl (C=O) groups is 3. The van der Waals surface area contributed by atoms with Crippen molar-refractivity contribution < 1.29 is 23.9 Å². The Kier molecular flexibility index (Phi) is 8.74. The van der Waals surface area contributed by atoms with Crippen LogP contribution in [0.25, 0.3) is 22.3 Å². The number of pyridine rings is 1. The number of aliphatic hydroxyl groups is 1. The molecule has 0 bridgehead atoms. The van der Waals surface area contributed by atoms with E-state index in [1.165, 1.54) is 26.9 Å². The zero-order valence-electron chi connectivity index (χ0n) is 23.3. The molecule has 4 heterocycles. The average molecular weight is 594 g/mol. The highest BCUT2D eigenvalue weighted by atomic mass is 19.1. The number of fused-ring (bicyclic) bond motifs is 1. The summed E-state index contributed by atoms with van der Waals surface area (Å²) in [7, 11) is 1.55. The summed E-state index contributed by atoms with van der Waals surface area (Å²) < 4.78 is 16.4. The third kappa shape index (κ3) is 5.81. The van der Waals surface area contributed by atoms with Crippen LogP contribution in [0.3, 0.4) is 0 Å². The zero-order chi connectivity index (χ0) is 30.7. The van der Waals surface area contributed by atoms with Crippen LogP contribution in [-0.2, 0) is 11.8 Å². The van der Waals surface area contributed by atoms with Gasteiger partial charge in [-0.15, -0.1) is 0 Å². The first-order valence-corrected chi connectivity index (χ1v) is 13.5. The highest BCUT2D eigenvalue weighted by molar-refractivity contribution is 6.45. The Hall–Kier alpha value is -4.74. The quantitative estimate of drug-likeness (QED) is 0.0445. The Bertz CT molecular complexity index is 1630. The predicted molar refractivity (Wildman–Crippen MR) is 154 cm³/mol. The minimum atomic E-state index is -0.876. The Morgan fingerprint density at radius 1 is 1.19 bits per heavy atom. The molecular formula is C27H32FN11O4. The van der Waals surface area contributed by atoms with Crippen molar-refractivity contribution in [2.75, 3.05) is 44.3 Å². The first-order valence-electron chi connectivity index (χ1n) is 13.5. The van der Waals surface area contributed by atoms with Crippen LogP contribution in [0.2, 0.25) is 0 Å². The van der Waals surface area contributed by atoms with Gasteiger partial charge in [0.25, 0.3) is 17.6 Å². The van der Waals surface area contributed by atoms with Crippen molar-refractivity contribution in [3.8, 4) is 11.4 Å². The molecule has 8 N–H and O–H groups in total. The highest BCUT2D eigenvalue weighted by Crippen LogP contribution is 2.30. The van der Waals surface area contributed by atoms with Crippen LogP contribution in [0.1, 0.15) is 20.8 Å². The maximum atomic E-state index is 15.1. The smallest absolute Gasteiger partial charge is 0.295 e. The van der Waals surface area contributed by atoms with Gasteiger partial charge in [-0.3, -0.25) is 34.8 Å². The Labute approximate surface area is 245 Å². The van der Waals surface area contributed by atoms with Gasteiger partial charge < -0.3 is 20.3 Å². The van der Waals surface area contributed by atoms with E-state index in [1.54, 1.807) is 7.05 Å². The average Bonchev–Trinajstić information content (AvgIpc) is 3.65. The van der Waals surface area contributed by atoms with Crippen molar-refractivity contribution >= 4 is 34.2 Å². The van der Waals surface area contributed by atoms with Crippen molar-refractivity contribution in [3.05, 3.63) is 65.9 Å². The molecule has 3 aromatic heterocycles. The molecule has 1 saturated heterocycles. The lowest BCUT2D eigenvalue weighted by molar-refractivity contribution is -0.128. The van der Waals surface area contributed by atoms with Crippen molar-refractivity contribution in [1.29, 1.82) is 0 Å². The third-order valence-electron chi connectivity index (χ3n) is 7.27. The summed E-state index contributed by atoms with van der Waals surface area (Å²) in [5.74, 6) is 9.17. The normalized spacial score (nSPS) is 14.6. The molecule has 1 atom stereocenters. The SMILES string of the molecule is Cn1nc(-c2ncc(F)c3c(C(=O)C(=O)N4CCN(C(NN)N(N)c5ccccc5)CC4)c[nH]c23)cc1C(=O)NCCO. The van der Waals surface area contributed by atoms with Gasteiger partial charge in [0.1, 0.15) is 17.1 Å². The van der Waals surface area contributed by atoms with Gasteiger partial charge in [-0.05, 0) is 18.2 Å². The Morgan fingerprint density at radius 2 is 1.91 bits per heavy atom. The number of para-hydroxylation sites is 1. The van der Waals surface area contributed by atoms with Crippen LogP contribution >= 0.6 is 0 Å². The number of aliphatic hydroxyl groups excluding tert-OH is 1. The molecule has 226 valence electrons. The lowest BCUT2D eigenvalue weighted by Crippen LogP contribution is -2.65. The van der Waals surface area contributed by atoms with Crippen molar-refractivity contribution in [1.82, 2.24) is 40.3 Å². The zero-order valence-corrected chi connectivity index (χ0v) is 23.3. The topological polar surface area (TPSA) is 204 Å². The molecule has 1 aliphatic heterocycles. The summed E-state index contributed by atoms with van der Waals surface area (Å²) in [4.78, 5) is 49.4. The first-order chi connectivity index (χ1) is 20.7. The van der Waals surface area contributed by atoms with Crippen molar-refractivity contribution in [2.24, 2.45) is 18.7 Å². The molecular weight excluding hydrogens is 561 g/mol. The van der Waals surface area contributed by atoms with E-state index in [0.717, 1.165) is 11.9 Å². The van der Waals surface area contributed by atoms with Crippen LogP contribution < -0.4 is 27.4 Å². The predicted octanol–water partition coefficient (Wildman–Crippen LogP) is -0.721. The maximum absolute atomic E-state index is 15.1. The number of piperazine rings is 1. The van der Waals surface area contributed by atoms with Gasteiger partial charge in [-0.2, -0.15) is 5.10 Å². The molecule has 0 spiro atoms. The van der Waals surface area contributed by atoms with Crippen LogP contribution in [0, 0.1) is 5.82 Å². The van der Waals surface area contributed by atoms with E-state index in [1.807, 2.05) is 35.2 Å². The van der Waals surface area contributed by atoms with E-state index >= 15 is 4.39 Å². The van der Waals surface area contributed by atoms with Gasteiger partial charge >= 0.3 is 0 Å². The summed E-state index contributed by atoms with van der Waals surface area (Å²) in [5.41, 5.74) is 4.07. The number of Topliss-reactive ketones (excluding diaryl/α,β-unsaturated/α-hetero) is 1. The van der Waals surface area contributed by atoms with Gasteiger partial charge in [0, 0.05) is 46.0 Å². The summed E-state index contributed by atoms with van der Waals surface area (Å²) >= 11 is 0. The standard InChI is InChI=1S/C27H32FN11O4/c1-36-20(25(42)31-7-12-40)13-19(35-36)22-23-21(18(28)15-33-22)17(14-32-23)24(41)26(43)37-8-10-38(11-9-37)27(34-29)39(30)16-5-3-2-4-6-16/h2-6,13-15,27,32,34,40H,7-12,29-30H2,1H3,(H,31,42). The Balaban J connectivity index is 1.32. The number of aromatic amines is 1. The lowest BCUT2D eigenvalue weighted by Gasteiger charge is -2.42. The number of anilines is 1. The van der Waals surface area contributed by atoms with E-state index < -0.39 is 29.7 Å². The Morgan fingerprint density at radius 3 is 2.58 bits per heavy atom. The molecule has 1 aromatic carbocycles. The summed E-state index contributed by atoms with van der Waals surface area (Å²) in [6.45, 7) is 1.02. The number of aromatic nitrogens is 4. The van der Waals surface area contributed by atoms with Gasteiger partial charge in [-0.25, -0.2) is 20.6 Å². The fourth-order valence-electron chi connectivity index (χ4n) is 5.07. The van der Waals surface area contributed by atoms with E-state index in [0.29, 0.717) is 13.1 Å². The van der Waals surface area contributed by atoms with Crippen LogP contribution in [0.15, 0.2) is 48.8 Å². The lowest BCUT2D eigenvalue weighted by atomic mass is 10.1. The number of hydrogen-bond donors (Lipinski definition) is 6. The number of amides is 2. The monoisotopic (exact) mass is 593 g/mol. The first kappa shape index (κ1) is 29.7. The largest absolute Gasteiger partial charge is 0.395 e. The molecule has 2 amide bonds. The van der Waals surface area contributed by atoms with Gasteiger partial charge in [-0.1, -0.05) is 18.2 Å². The molecule has 0 saturated carbocycles. The number of carbonyl (C=O) groups excluding carboxylic acids is 3. The maximum Gasteiger partial charge on any atom is 0.295 e. The number of ketones is 1. The second-order valence-electron chi connectivity index (χ2n) is 9.87. The van der Waals surface area contributed by atoms with Gasteiger partial charge in [0.05, 0.1) is 35.0 Å². The van der Waals surface area contributed by atoms with Crippen molar-refractivity contribution in [3.63, 3.8) is 0 Å². The number of nitrogens with zero attached hydrogens (tertiary/aromatic N) is 6. The number of rotatable bonds is 10. The fraction of sp³-hybridized carbons (Fsp3) is 0.296. The number of hydrazine groups is 2. The molecule has 5 rings (SSSR count). The summed E-state index contributed by atoms with van der Waals surface area (Å²) in [6.07, 6.45) is 1.65. The fourth-order valence-corrected chi connectivity index (χ4v) is 5.07. The second-order valence-corrected chi connectivity index (χ2v) is 9.87. The minimum Gasteiger partial charge on any atom is -0.395 e. The molecule has 1 fully saturated rings. The minimum absolute atomic E-state index is 0.0627. The van der Waals surface area contributed by atoms with E-state index in [-0.39, 0.29) is 59.8 Å². The van der Waals surface area contributed by atoms with Gasteiger partial charge in [0.15, 0.2) is 12.1 Å². The summed E-state index contributed by atoms with van der Waals surface area (Å²) in [6, 6.07) is 10.7. The molecule has 16 heteroatoms. The highest BCUT2D eigenvalue weighted by Gasteiger charge is 2.33. The number of benzene rings is 1. The van der Waals surface area contributed by atoms with Crippen LogP contribution in [0.4, 0.5) is 10.1 Å². The number of aryl methyl sites for hydroxylation is 1. The van der Waals surface area contributed by atoms with E-state index in [2.05, 4.69) is 25.8 Å². The third-order valence-corrected chi connectivity index (χ3v) is 7.27. The van der Waals surface area contributed by atoms with E-state index in [9.17, 15) is 14.4 Å². The molecule has 1 aliphatic rings. The number of hydrogen-bond acceptors (Lipinski definition) is 11. The number of nitrogens with one attached hydrogen (secondary N) is 3. The number of halogens is 1. The molecule has 43 heavy (non-hydrogen) atoms. The second kappa shape index (κ2) is 12.6. The number of nitrogens with two attached hydrogens (primary N) is 2. The molecule has 4 aromatic rings. The van der Waals surface area contributed by atoms with Crippen LogP contribution in [-0.4, -0.2) is 97.9 Å². The summed E-state index contributed by atoms with van der Waals surface area (Å²) in [5, 5.41) is 17.2. The van der Waals surface area contributed by atoms with E-state index in [4.69, 9.17) is 16.8 Å². The molecule has 0 aliphatic carbocycles. The molecule has 15 nitrogen and oxygen atoms in total. The van der Waals surface area contributed by atoms with Crippen molar-refractivity contribution in [2.45, 2.75) is 6.29 Å². The van der Waals surface area contributed by atoms with Crippen LogP contribution in [0.5, 0.6) is 0 Å². The number of H-pyrrole nitrogens is 1. The molecule has 1 unspecified atom stereocenters.